The fourth-order valence-corrected chi connectivity index (χ4v) is 6.79. The lowest BCUT2D eigenvalue weighted by Crippen LogP contribution is -2.28. The minimum atomic E-state index is -0.336. The van der Waals surface area contributed by atoms with Gasteiger partial charge in [0.1, 0.15) is 11.5 Å². The van der Waals surface area contributed by atoms with Crippen LogP contribution in [0.25, 0.3) is 11.1 Å². The van der Waals surface area contributed by atoms with Crippen LogP contribution in [-0.4, -0.2) is 16.0 Å². The number of Topliss-reactive ketones (excluding diaryl/α,β-unsaturated/α-hetero) is 1. The van der Waals surface area contributed by atoms with E-state index in [0.29, 0.717) is 11.5 Å². The van der Waals surface area contributed by atoms with Crippen molar-refractivity contribution < 1.29 is 15.0 Å². The van der Waals surface area contributed by atoms with Crippen LogP contribution in [0.2, 0.25) is 0 Å². The van der Waals surface area contributed by atoms with E-state index in [4.69, 9.17) is 0 Å². The van der Waals surface area contributed by atoms with Crippen molar-refractivity contribution in [2.75, 3.05) is 0 Å². The Bertz CT molecular complexity index is 1610. The standard InChI is InChI=1S/C45H62O3/c1-40(2,3)28-19-25(20-29(37(28)46)41(4,5)6)34-35(26-21-30(42(7,8)9)38(47)31(22-26)43(10,11)12)36(34)27-23-32(44(13,14)15)39(48)33(24-27)45(16,17)18/h19-24,46-47H,1-18H3. The van der Waals surface area contributed by atoms with Crippen molar-refractivity contribution in [1.82, 2.24) is 0 Å². The first-order chi connectivity index (χ1) is 21.4. The highest BCUT2D eigenvalue weighted by Crippen LogP contribution is 2.59. The summed E-state index contributed by atoms with van der Waals surface area (Å²) in [7, 11) is 0. The number of carbonyl (C=O) groups excluding carboxylic acids is 1. The second-order valence-corrected chi connectivity index (χ2v) is 20.4. The number of hydrogen-bond donors (Lipinski definition) is 2. The van der Waals surface area contributed by atoms with Crippen LogP contribution in [-0.2, 0) is 26.5 Å². The van der Waals surface area contributed by atoms with Crippen LogP contribution in [0, 0.1) is 10.8 Å². The highest BCUT2D eigenvalue weighted by molar-refractivity contribution is 6.28. The molecule has 0 amide bonds. The maximum absolute atomic E-state index is 14.0. The highest BCUT2D eigenvalue weighted by Gasteiger charge is 2.41. The van der Waals surface area contributed by atoms with Gasteiger partial charge in [-0.25, -0.2) is 0 Å². The summed E-state index contributed by atoms with van der Waals surface area (Å²) in [5.41, 5.74) is 10.1. The average molecular weight is 651 g/mol. The molecule has 0 saturated heterocycles. The van der Waals surface area contributed by atoms with Crippen molar-refractivity contribution in [2.24, 2.45) is 10.8 Å². The average Bonchev–Trinajstić information content (AvgIpc) is 3.60. The quantitative estimate of drug-likeness (QED) is 0.340. The van der Waals surface area contributed by atoms with Gasteiger partial charge in [-0.3, -0.25) is 4.79 Å². The predicted molar refractivity (Wildman–Crippen MR) is 205 cm³/mol. The number of phenolic OH excluding ortho intramolecular Hbond substituents is 2. The molecule has 0 heterocycles. The van der Waals surface area contributed by atoms with E-state index in [-0.39, 0.29) is 38.3 Å². The Morgan fingerprint density at radius 2 is 0.646 bits per heavy atom. The zero-order valence-electron chi connectivity index (χ0n) is 33.3. The number of phenols is 2. The normalized spacial score (nSPS) is 16.8. The first kappa shape index (κ1) is 37.5. The van der Waals surface area contributed by atoms with Crippen LogP contribution in [0.1, 0.15) is 158 Å². The summed E-state index contributed by atoms with van der Waals surface area (Å²) in [6, 6.07) is 8.67. The smallest absolute Gasteiger partial charge is 0.186 e. The largest absolute Gasteiger partial charge is 0.507 e. The number of hydrogen-bond acceptors (Lipinski definition) is 3. The molecule has 0 atom stereocenters. The molecule has 0 bridgehead atoms. The van der Waals surface area contributed by atoms with E-state index in [9.17, 15) is 15.0 Å². The molecular formula is C45H62O3. The fourth-order valence-electron chi connectivity index (χ4n) is 6.79. The molecule has 0 aliphatic heterocycles. The van der Waals surface area contributed by atoms with Crippen molar-refractivity contribution in [1.29, 1.82) is 0 Å². The summed E-state index contributed by atoms with van der Waals surface area (Å²) < 4.78 is 0. The molecule has 0 aromatic heterocycles. The van der Waals surface area contributed by atoms with Gasteiger partial charge in [0.25, 0.3) is 0 Å². The molecule has 0 radical (unpaired) electrons. The molecule has 2 aliphatic rings. The molecule has 2 aliphatic carbocycles. The number of ketones is 1. The zero-order valence-corrected chi connectivity index (χ0v) is 33.3. The van der Waals surface area contributed by atoms with Crippen LogP contribution in [0.4, 0.5) is 0 Å². The molecule has 2 N–H and O–H groups in total. The Balaban J connectivity index is 2.23. The molecular weight excluding hydrogens is 588 g/mol. The molecule has 3 nitrogen and oxygen atoms in total. The van der Waals surface area contributed by atoms with Crippen LogP contribution < -0.4 is 0 Å². The van der Waals surface area contributed by atoms with Crippen LogP contribution in [0.15, 0.2) is 58.7 Å². The number of aromatic hydroxyl groups is 2. The minimum absolute atomic E-state index is 0.118. The Morgan fingerprint density at radius 1 is 0.396 bits per heavy atom. The number of rotatable bonds is 2. The van der Waals surface area contributed by atoms with Gasteiger partial charge in [-0.15, -0.1) is 0 Å². The Hall–Kier alpha value is -3.33. The Morgan fingerprint density at radius 3 is 0.854 bits per heavy atom. The highest BCUT2D eigenvalue weighted by atomic mass is 16.3. The molecule has 2 aromatic carbocycles. The van der Waals surface area contributed by atoms with Crippen molar-refractivity contribution in [3.05, 3.63) is 92.1 Å². The number of carbonyl (C=O) groups is 1. The second-order valence-electron chi connectivity index (χ2n) is 20.4. The van der Waals surface area contributed by atoms with E-state index in [2.05, 4.69) is 161 Å². The Kier molecular flexibility index (Phi) is 8.87. The molecule has 2 aromatic rings. The first-order valence-corrected chi connectivity index (χ1v) is 17.6. The van der Waals surface area contributed by atoms with E-state index >= 15 is 0 Å². The van der Waals surface area contributed by atoms with Gasteiger partial charge >= 0.3 is 0 Å². The van der Waals surface area contributed by atoms with Gasteiger partial charge in [0.05, 0.1) is 0 Å². The molecule has 0 unspecified atom stereocenters. The van der Waals surface area contributed by atoms with Crippen LogP contribution in [0.5, 0.6) is 11.5 Å². The molecule has 3 heteroatoms. The summed E-state index contributed by atoms with van der Waals surface area (Å²) in [6.07, 6.45) is 4.23. The van der Waals surface area contributed by atoms with E-state index in [1.54, 1.807) is 0 Å². The molecule has 0 spiro atoms. The lowest BCUT2D eigenvalue weighted by molar-refractivity contribution is -0.114. The predicted octanol–water partition coefficient (Wildman–Crippen LogP) is 12.0. The molecule has 0 fully saturated rings. The molecule has 48 heavy (non-hydrogen) atoms. The van der Waals surface area contributed by atoms with Gasteiger partial charge in [-0.2, -0.15) is 0 Å². The summed E-state index contributed by atoms with van der Waals surface area (Å²) in [4.78, 5) is 14.0. The van der Waals surface area contributed by atoms with Crippen molar-refractivity contribution in [3.63, 3.8) is 0 Å². The van der Waals surface area contributed by atoms with Gasteiger partial charge in [-0.1, -0.05) is 125 Å². The maximum atomic E-state index is 14.0. The fraction of sp³-hybridized carbons (Fsp3) is 0.533. The minimum Gasteiger partial charge on any atom is -0.507 e. The molecule has 0 saturated carbocycles. The SMILES string of the molecule is CC(C)(C)C1=CC(=C2C(c3cc(C(C)(C)C)c(O)c(C(C)(C)C)c3)=C2c2cc(C(C)(C)C)c(O)c(C(C)(C)C)c2)C=C(C(C)(C)C)C1=O. The lowest BCUT2D eigenvalue weighted by Gasteiger charge is -2.31. The van der Waals surface area contributed by atoms with E-state index < -0.39 is 0 Å². The van der Waals surface area contributed by atoms with Gasteiger partial charge in [0.15, 0.2) is 5.78 Å². The van der Waals surface area contributed by atoms with Crippen molar-refractivity contribution in [3.8, 4) is 11.5 Å². The van der Waals surface area contributed by atoms with E-state index in [0.717, 1.165) is 66.8 Å². The summed E-state index contributed by atoms with van der Waals surface area (Å²) in [5.74, 6) is 0.837. The second kappa shape index (κ2) is 11.4. The van der Waals surface area contributed by atoms with Gasteiger partial charge < -0.3 is 10.2 Å². The monoisotopic (exact) mass is 650 g/mol. The van der Waals surface area contributed by atoms with Crippen molar-refractivity contribution >= 4 is 16.9 Å². The number of benzene rings is 2. The van der Waals surface area contributed by atoms with Gasteiger partial charge in [0.2, 0.25) is 0 Å². The third kappa shape index (κ3) is 7.03. The van der Waals surface area contributed by atoms with Gasteiger partial charge in [-0.05, 0) is 102 Å². The Labute approximate surface area is 292 Å². The van der Waals surface area contributed by atoms with Gasteiger partial charge in [0, 0.05) is 33.4 Å². The summed E-state index contributed by atoms with van der Waals surface area (Å²) >= 11 is 0. The summed E-state index contributed by atoms with van der Waals surface area (Å²) in [6.45, 7) is 38.5. The number of allylic oxidation sites excluding steroid dienone is 8. The zero-order chi connectivity index (χ0) is 36.9. The summed E-state index contributed by atoms with van der Waals surface area (Å²) in [5, 5.41) is 23.3. The maximum Gasteiger partial charge on any atom is 0.186 e. The third-order valence-electron chi connectivity index (χ3n) is 9.71. The topological polar surface area (TPSA) is 57.5 Å². The van der Waals surface area contributed by atoms with Crippen LogP contribution >= 0.6 is 0 Å². The first-order valence-electron chi connectivity index (χ1n) is 17.6. The third-order valence-corrected chi connectivity index (χ3v) is 9.71. The van der Waals surface area contributed by atoms with E-state index in [1.165, 1.54) is 0 Å². The molecule has 260 valence electrons. The van der Waals surface area contributed by atoms with E-state index in [1.807, 2.05) is 0 Å². The lowest BCUT2D eigenvalue weighted by atomic mass is 9.71. The van der Waals surface area contributed by atoms with Crippen LogP contribution in [0.3, 0.4) is 0 Å². The molecule has 4 rings (SSSR count). The van der Waals surface area contributed by atoms with Crippen molar-refractivity contribution in [2.45, 2.75) is 146 Å².